The first-order valence-corrected chi connectivity index (χ1v) is 2.57. The Balaban J connectivity index is -0.0000000300. The minimum absolute atomic E-state index is 0. The van der Waals surface area contributed by atoms with E-state index in [4.69, 9.17) is 0 Å². The van der Waals surface area contributed by atoms with Gasteiger partial charge < -0.3 is 9.98 Å². The second-order valence-corrected chi connectivity index (χ2v) is 1.03. The molecule has 0 spiro atoms. The second kappa shape index (κ2) is 40.3. The van der Waals surface area contributed by atoms with E-state index in [-0.39, 0.29) is 14.9 Å². The highest BCUT2D eigenvalue weighted by Gasteiger charge is 1.33. The van der Waals surface area contributed by atoms with Crippen molar-refractivity contribution in [3.05, 3.63) is 0 Å². The van der Waals surface area contributed by atoms with Crippen molar-refractivity contribution in [3.8, 4) is 0 Å². The molecule has 64 valence electrons. The average Bonchev–Trinajstić information content (AvgIpc) is 1.88. The summed E-state index contributed by atoms with van der Waals surface area (Å²) in [6.07, 6.45) is 3.50. The molecule has 0 aliphatic heterocycles. The minimum Gasteiger partial charge on any atom is -0.301 e. The number of aliphatic imine (C=N–C) groups is 2. The summed E-state index contributed by atoms with van der Waals surface area (Å²) < 4.78 is 0. The molecule has 0 radical (unpaired) electrons. The first-order chi connectivity index (χ1) is 3.83. The molecule has 0 bridgehead atoms. The molecule has 10 heavy (non-hydrogen) atoms. The zero-order valence-electron chi connectivity index (χ0n) is 6.05. The smallest absolute Gasteiger partial charge is 0.0273 e. The number of rotatable bonds is 0. The van der Waals surface area contributed by atoms with E-state index >= 15 is 0 Å². The van der Waals surface area contributed by atoms with E-state index in [2.05, 4.69) is 9.98 Å². The molecule has 0 fully saturated rings. The zero-order chi connectivity index (χ0) is 6.83. The minimum atomic E-state index is 0. The number of hydrogen-bond acceptors (Lipinski definition) is 2. The standard InChI is InChI=1S/2C3H7N.2CH4/c2*1-3-4-2;;/h2*3H,1-2H3;2*1H4. The fraction of sp³-hybridized carbons (Fsp3) is 0.750. The summed E-state index contributed by atoms with van der Waals surface area (Å²) in [4.78, 5) is 7.22. The molecule has 0 atom stereocenters. The van der Waals surface area contributed by atoms with Crippen LogP contribution in [-0.2, 0) is 0 Å². The van der Waals surface area contributed by atoms with Crippen molar-refractivity contribution in [3.63, 3.8) is 0 Å². The first-order valence-electron chi connectivity index (χ1n) is 2.57. The third kappa shape index (κ3) is 164. The van der Waals surface area contributed by atoms with Gasteiger partial charge in [0, 0.05) is 14.1 Å². The highest BCUT2D eigenvalue weighted by molar-refractivity contribution is 5.52. The summed E-state index contributed by atoms with van der Waals surface area (Å²) in [6, 6.07) is 0. The predicted molar refractivity (Wildman–Crippen MR) is 53.6 cm³/mol. The zero-order valence-corrected chi connectivity index (χ0v) is 6.05. The lowest BCUT2D eigenvalue weighted by atomic mass is 10.9. The maximum atomic E-state index is 3.61. The maximum absolute atomic E-state index is 3.61. The Morgan fingerprint density at radius 1 is 0.800 bits per heavy atom. The molecule has 0 aromatic carbocycles. The van der Waals surface area contributed by atoms with Gasteiger partial charge in [0.2, 0.25) is 0 Å². The van der Waals surface area contributed by atoms with Crippen molar-refractivity contribution in [2.75, 3.05) is 14.1 Å². The van der Waals surface area contributed by atoms with Gasteiger partial charge in [-0.25, -0.2) is 0 Å². The van der Waals surface area contributed by atoms with Crippen LogP contribution in [0, 0.1) is 0 Å². The van der Waals surface area contributed by atoms with Crippen molar-refractivity contribution in [1.29, 1.82) is 0 Å². The molecular weight excluding hydrogens is 124 g/mol. The molecule has 0 rings (SSSR count). The van der Waals surface area contributed by atoms with Gasteiger partial charge in [-0.3, -0.25) is 0 Å². The number of hydrogen-bond donors (Lipinski definition) is 0. The molecule has 0 amide bonds. The van der Waals surface area contributed by atoms with Crippen molar-refractivity contribution >= 4 is 12.4 Å². The lowest BCUT2D eigenvalue weighted by Gasteiger charge is -1.53. The topological polar surface area (TPSA) is 24.7 Å². The third-order valence-electron chi connectivity index (χ3n) is 0.516. The highest BCUT2D eigenvalue weighted by atomic mass is 14.6. The van der Waals surface area contributed by atoms with Crippen molar-refractivity contribution in [2.45, 2.75) is 28.7 Å². The van der Waals surface area contributed by atoms with Gasteiger partial charge in [-0.05, 0) is 26.3 Å². The molecule has 0 N–H and O–H groups in total. The van der Waals surface area contributed by atoms with E-state index in [0.717, 1.165) is 0 Å². The Kier molecular flexibility index (Phi) is 91.8. The summed E-state index contributed by atoms with van der Waals surface area (Å²) in [5, 5.41) is 0. The Morgan fingerprint density at radius 2 is 0.900 bits per heavy atom. The molecule has 0 aromatic rings. The highest BCUT2D eigenvalue weighted by Crippen LogP contribution is 1.39. The first kappa shape index (κ1) is 22.8. The van der Waals surface area contributed by atoms with Gasteiger partial charge in [0.05, 0.1) is 0 Å². The van der Waals surface area contributed by atoms with Gasteiger partial charge in [0.1, 0.15) is 0 Å². The monoisotopic (exact) mass is 146 g/mol. The number of nitrogens with zero attached hydrogens (tertiary/aromatic N) is 2. The van der Waals surface area contributed by atoms with E-state index in [1.165, 1.54) is 0 Å². The normalized spacial score (nSPS) is 7.60. The van der Waals surface area contributed by atoms with Gasteiger partial charge in [-0.2, -0.15) is 0 Å². The van der Waals surface area contributed by atoms with Crippen LogP contribution >= 0.6 is 0 Å². The third-order valence-corrected chi connectivity index (χ3v) is 0.516. The van der Waals surface area contributed by atoms with Crippen LogP contribution in [0.15, 0.2) is 9.98 Å². The Hall–Kier alpha value is -0.660. The summed E-state index contributed by atoms with van der Waals surface area (Å²) >= 11 is 0. The molecule has 2 nitrogen and oxygen atoms in total. The molecule has 0 aliphatic rings. The van der Waals surface area contributed by atoms with Crippen LogP contribution < -0.4 is 0 Å². The predicted octanol–water partition coefficient (Wildman–Crippen LogP) is 2.69. The second-order valence-electron chi connectivity index (χ2n) is 1.03. The SMILES string of the molecule is C.C.CC=NC.CC=NC. The quantitative estimate of drug-likeness (QED) is 0.469. The van der Waals surface area contributed by atoms with Gasteiger partial charge >= 0.3 is 0 Å². The molecule has 0 aromatic heterocycles. The van der Waals surface area contributed by atoms with Crippen LogP contribution in [0.25, 0.3) is 0 Å². The molecule has 0 saturated heterocycles. The maximum Gasteiger partial charge on any atom is 0.0273 e. The van der Waals surface area contributed by atoms with Gasteiger partial charge in [-0.1, -0.05) is 14.9 Å². The van der Waals surface area contributed by atoms with Gasteiger partial charge in [0.25, 0.3) is 0 Å². The van der Waals surface area contributed by atoms with Crippen LogP contribution in [-0.4, -0.2) is 26.5 Å². The van der Waals surface area contributed by atoms with Gasteiger partial charge in [0.15, 0.2) is 0 Å². The van der Waals surface area contributed by atoms with Crippen LogP contribution in [0.5, 0.6) is 0 Å². The van der Waals surface area contributed by atoms with E-state index < -0.39 is 0 Å². The Labute approximate surface area is 66.1 Å². The largest absolute Gasteiger partial charge is 0.301 e. The fourth-order valence-corrected chi connectivity index (χ4v) is 0. The molecular formula is C8H22N2. The molecule has 0 aliphatic carbocycles. The average molecular weight is 146 g/mol. The van der Waals surface area contributed by atoms with E-state index in [1.54, 1.807) is 26.5 Å². The lowest BCUT2D eigenvalue weighted by molar-refractivity contribution is 1.46. The summed E-state index contributed by atoms with van der Waals surface area (Å²) in [5.41, 5.74) is 0. The summed E-state index contributed by atoms with van der Waals surface area (Å²) in [7, 11) is 3.50. The lowest BCUT2D eigenvalue weighted by Crippen LogP contribution is -1.47. The Morgan fingerprint density at radius 3 is 0.900 bits per heavy atom. The van der Waals surface area contributed by atoms with Crippen LogP contribution in [0.4, 0.5) is 0 Å². The molecule has 0 saturated carbocycles. The van der Waals surface area contributed by atoms with E-state index in [9.17, 15) is 0 Å². The van der Waals surface area contributed by atoms with Crippen LogP contribution in [0.3, 0.4) is 0 Å². The fourth-order valence-electron chi connectivity index (χ4n) is 0. The van der Waals surface area contributed by atoms with E-state index in [0.29, 0.717) is 0 Å². The van der Waals surface area contributed by atoms with Crippen molar-refractivity contribution < 1.29 is 0 Å². The molecule has 2 heteroatoms. The Bertz CT molecular complexity index is 47.7. The van der Waals surface area contributed by atoms with Gasteiger partial charge in [-0.15, -0.1) is 0 Å². The molecule has 0 unspecified atom stereocenters. The van der Waals surface area contributed by atoms with Crippen LogP contribution in [0.1, 0.15) is 28.7 Å². The summed E-state index contributed by atoms with van der Waals surface area (Å²) in [5.74, 6) is 0. The van der Waals surface area contributed by atoms with Crippen LogP contribution in [0.2, 0.25) is 0 Å². The van der Waals surface area contributed by atoms with E-state index in [1.807, 2.05) is 13.8 Å². The van der Waals surface area contributed by atoms with Crippen molar-refractivity contribution in [2.24, 2.45) is 9.98 Å². The summed E-state index contributed by atoms with van der Waals surface area (Å²) in [6.45, 7) is 3.78. The van der Waals surface area contributed by atoms with Crippen molar-refractivity contribution in [1.82, 2.24) is 0 Å². The molecule has 0 heterocycles.